The fourth-order valence-corrected chi connectivity index (χ4v) is 2.55. The zero-order chi connectivity index (χ0) is 17.6. The minimum absolute atomic E-state index is 0.215. The molecule has 9 heteroatoms. The second-order valence-corrected chi connectivity index (χ2v) is 5.24. The molecule has 0 amide bonds. The van der Waals surface area contributed by atoms with E-state index in [2.05, 4.69) is 20.2 Å². The molecule has 6 nitrogen and oxygen atoms in total. The number of alkyl halides is 3. The van der Waals surface area contributed by atoms with Crippen LogP contribution >= 0.6 is 0 Å². The van der Waals surface area contributed by atoms with Crippen LogP contribution < -0.4 is 0 Å². The van der Waals surface area contributed by atoms with Crippen molar-refractivity contribution in [3.63, 3.8) is 0 Å². The van der Waals surface area contributed by atoms with E-state index in [1.807, 2.05) is 0 Å². The van der Waals surface area contributed by atoms with Gasteiger partial charge in [0.05, 0.1) is 16.6 Å². The van der Waals surface area contributed by atoms with Gasteiger partial charge in [0, 0.05) is 5.39 Å². The van der Waals surface area contributed by atoms with Crippen LogP contribution in [0.3, 0.4) is 0 Å². The number of benzene rings is 1. The highest BCUT2D eigenvalue weighted by Crippen LogP contribution is 2.28. The number of fused-ring (bicyclic) bond motifs is 3. The summed E-state index contributed by atoms with van der Waals surface area (Å²) in [6.45, 7) is 0. The van der Waals surface area contributed by atoms with Crippen molar-refractivity contribution >= 4 is 28.2 Å². The highest BCUT2D eigenvalue weighted by atomic mass is 19.4. The first kappa shape index (κ1) is 15.2. The monoisotopic (exact) mass is 343 g/mol. The Labute approximate surface area is 138 Å². The number of hydrogen-bond acceptors (Lipinski definition) is 5. The van der Waals surface area contributed by atoms with Gasteiger partial charge in [0.15, 0.2) is 17.8 Å². The molecule has 3 heterocycles. The molecule has 4 rings (SSSR count). The molecule has 0 aliphatic rings. The van der Waals surface area contributed by atoms with Gasteiger partial charge in [0.25, 0.3) is 0 Å². The SMILES string of the molecule is O=Cc1ccc2c(ccc3c2ncn3-c2ccc(C(F)(F)F)nn2)n1. The topological polar surface area (TPSA) is 73.6 Å². The summed E-state index contributed by atoms with van der Waals surface area (Å²) in [6, 6.07) is 8.82. The maximum absolute atomic E-state index is 12.6. The van der Waals surface area contributed by atoms with Crippen molar-refractivity contribution in [2.45, 2.75) is 6.18 Å². The van der Waals surface area contributed by atoms with Crippen LogP contribution in [0.25, 0.3) is 27.8 Å². The van der Waals surface area contributed by atoms with Crippen molar-refractivity contribution in [2.75, 3.05) is 0 Å². The van der Waals surface area contributed by atoms with Crippen LogP contribution in [0.15, 0.2) is 42.7 Å². The second kappa shape index (κ2) is 5.33. The maximum atomic E-state index is 12.6. The van der Waals surface area contributed by atoms with Crippen molar-refractivity contribution in [3.8, 4) is 5.82 Å². The van der Waals surface area contributed by atoms with Crippen LogP contribution in [0.5, 0.6) is 0 Å². The third-order valence-electron chi connectivity index (χ3n) is 3.71. The lowest BCUT2D eigenvalue weighted by atomic mass is 10.1. The summed E-state index contributed by atoms with van der Waals surface area (Å²) in [7, 11) is 0. The molecule has 3 aromatic heterocycles. The van der Waals surface area contributed by atoms with Crippen molar-refractivity contribution in [1.82, 2.24) is 24.7 Å². The standard InChI is InChI=1S/C16H8F3N5O/c17-16(18,19)13-5-6-14(23-22-13)24-8-20-15-10-2-1-9(7-25)21-11(10)3-4-12(15)24/h1-8H. The molecule has 0 unspecified atom stereocenters. The second-order valence-electron chi connectivity index (χ2n) is 5.24. The molecule has 1 aromatic carbocycles. The van der Waals surface area contributed by atoms with E-state index in [9.17, 15) is 18.0 Å². The fourth-order valence-electron chi connectivity index (χ4n) is 2.55. The molecule has 0 spiro atoms. The fraction of sp³-hybridized carbons (Fsp3) is 0.0625. The summed E-state index contributed by atoms with van der Waals surface area (Å²) in [4.78, 5) is 19.3. The number of aldehydes is 1. The van der Waals surface area contributed by atoms with E-state index in [0.717, 1.165) is 11.5 Å². The van der Waals surface area contributed by atoms with E-state index in [4.69, 9.17) is 0 Å². The predicted molar refractivity (Wildman–Crippen MR) is 82.4 cm³/mol. The first-order valence-corrected chi connectivity index (χ1v) is 7.11. The molecule has 0 saturated carbocycles. The van der Waals surface area contributed by atoms with E-state index in [-0.39, 0.29) is 5.82 Å². The zero-order valence-corrected chi connectivity index (χ0v) is 12.4. The van der Waals surface area contributed by atoms with Gasteiger partial charge in [-0.15, -0.1) is 10.2 Å². The quantitative estimate of drug-likeness (QED) is 0.523. The van der Waals surface area contributed by atoms with Crippen LogP contribution in [0.1, 0.15) is 16.2 Å². The van der Waals surface area contributed by atoms with E-state index in [1.165, 1.54) is 17.0 Å². The molecular weight excluding hydrogens is 335 g/mol. The maximum Gasteiger partial charge on any atom is 0.435 e. The van der Waals surface area contributed by atoms with Gasteiger partial charge in [0.2, 0.25) is 0 Å². The Morgan fingerprint density at radius 2 is 1.84 bits per heavy atom. The van der Waals surface area contributed by atoms with Gasteiger partial charge in [-0.3, -0.25) is 9.36 Å². The van der Waals surface area contributed by atoms with Crippen LogP contribution in [0, 0.1) is 0 Å². The van der Waals surface area contributed by atoms with Crippen molar-refractivity contribution in [2.24, 2.45) is 0 Å². The van der Waals surface area contributed by atoms with Crippen LogP contribution in [-0.4, -0.2) is 31.0 Å². The summed E-state index contributed by atoms with van der Waals surface area (Å²) in [5.74, 6) is 0.215. The Bertz CT molecular complexity index is 1100. The van der Waals surface area contributed by atoms with E-state index in [0.29, 0.717) is 28.5 Å². The van der Waals surface area contributed by atoms with Crippen molar-refractivity contribution < 1.29 is 18.0 Å². The molecular formula is C16H8F3N5O. The number of rotatable bonds is 2. The molecule has 0 saturated heterocycles. The van der Waals surface area contributed by atoms with E-state index in [1.54, 1.807) is 24.3 Å². The normalized spacial score (nSPS) is 12.0. The van der Waals surface area contributed by atoms with Gasteiger partial charge in [0.1, 0.15) is 12.0 Å². The number of imidazole rings is 1. The van der Waals surface area contributed by atoms with E-state index < -0.39 is 11.9 Å². The zero-order valence-electron chi connectivity index (χ0n) is 12.4. The minimum Gasteiger partial charge on any atom is -0.296 e. The number of nitrogens with zero attached hydrogens (tertiary/aromatic N) is 5. The Kier molecular flexibility index (Phi) is 3.24. The number of carbonyl (C=O) groups is 1. The molecule has 0 aliphatic heterocycles. The number of carbonyl (C=O) groups excluding carboxylic acids is 1. The lowest BCUT2D eigenvalue weighted by molar-refractivity contribution is -0.141. The third-order valence-corrected chi connectivity index (χ3v) is 3.71. The largest absolute Gasteiger partial charge is 0.435 e. The Balaban J connectivity index is 1.86. The third kappa shape index (κ3) is 2.49. The smallest absolute Gasteiger partial charge is 0.296 e. The summed E-state index contributed by atoms with van der Waals surface area (Å²) in [5, 5.41) is 7.58. The molecule has 0 atom stereocenters. The number of pyridine rings is 1. The molecule has 0 N–H and O–H groups in total. The molecule has 0 aliphatic carbocycles. The van der Waals surface area contributed by atoms with Gasteiger partial charge in [-0.1, -0.05) is 0 Å². The summed E-state index contributed by atoms with van der Waals surface area (Å²) < 4.78 is 39.3. The van der Waals surface area contributed by atoms with Crippen molar-refractivity contribution in [1.29, 1.82) is 0 Å². The Morgan fingerprint density at radius 3 is 2.52 bits per heavy atom. The van der Waals surface area contributed by atoms with Crippen molar-refractivity contribution in [3.05, 3.63) is 54.1 Å². The average molecular weight is 343 g/mol. The molecule has 0 radical (unpaired) electrons. The summed E-state index contributed by atoms with van der Waals surface area (Å²) in [6.07, 6.45) is -2.43. The van der Waals surface area contributed by atoms with Gasteiger partial charge < -0.3 is 0 Å². The highest BCUT2D eigenvalue weighted by Gasteiger charge is 2.33. The first-order valence-electron chi connectivity index (χ1n) is 7.11. The van der Waals surface area contributed by atoms with Gasteiger partial charge >= 0.3 is 6.18 Å². The molecule has 124 valence electrons. The molecule has 0 fully saturated rings. The lowest BCUT2D eigenvalue weighted by Crippen LogP contribution is -2.10. The van der Waals surface area contributed by atoms with E-state index >= 15 is 0 Å². The van der Waals surface area contributed by atoms with Crippen LogP contribution in [0.4, 0.5) is 13.2 Å². The molecule has 0 bridgehead atoms. The average Bonchev–Trinajstić information content (AvgIpc) is 3.05. The molecule has 25 heavy (non-hydrogen) atoms. The number of aromatic nitrogens is 5. The van der Waals surface area contributed by atoms with Gasteiger partial charge in [-0.05, 0) is 36.4 Å². The summed E-state index contributed by atoms with van der Waals surface area (Å²) >= 11 is 0. The van der Waals surface area contributed by atoms with Gasteiger partial charge in [-0.2, -0.15) is 13.2 Å². The van der Waals surface area contributed by atoms with Crippen LogP contribution in [0.2, 0.25) is 0 Å². The Hall–Kier alpha value is -3.36. The minimum atomic E-state index is -4.54. The Morgan fingerprint density at radius 1 is 1.00 bits per heavy atom. The number of halogens is 3. The van der Waals surface area contributed by atoms with Crippen LogP contribution in [-0.2, 0) is 6.18 Å². The lowest BCUT2D eigenvalue weighted by Gasteiger charge is -2.07. The highest BCUT2D eigenvalue weighted by molar-refractivity contribution is 6.03. The van der Waals surface area contributed by atoms with Gasteiger partial charge in [-0.25, -0.2) is 9.97 Å². The summed E-state index contributed by atoms with van der Waals surface area (Å²) in [5.41, 5.74) is 1.09. The predicted octanol–water partition coefficient (Wildman–Crippen LogP) is 3.20. The number of hydrogen-bond donors (Lipinski definition) is 0. The first-order chi connectivity index (χ1) is 12.0. The molecule has 4 aromatic rings.